The van der Waals surface area contributed by atoms with Crippen LogP contribution in [0.2, 0.25) is 0 Å². The van der Waals surface area contributed by atoms with Gasteiger partial charge in [0.1, 0.15) is 11.9 Å². The molecule has 0 amide bonds. The highest BCUT2D eigenvalue weighted by Crippen LogP contribution is 2.45. The third kappa shape index (κ3) is 6.88. The van der Waals surface area contributed by atoms with Gasteiger partial charge in [-0.1, -0.05) is 12.1 Å². The summed E-state index contributed by atoms with van der Waals surface area (Å²) in [5.41, 5.74) is 5.33. The van der Waals surface area contributed by atoms with E-state index in [9.17, 15) is 14.3 Å². The molecule has 4 aliphatic rings. The van der Waals surface area contributed by atoms with Crippen molar-refractivity contribution in [3.63, 3.8) is 0 Å². The Morgan fingerprint density at radius 2 is 1.98 bits per heavy atom. The molecule has 2 unspecified atom stereocenters. The van der Waals surface area contributed by atoms with Gasteiger partial charge in [-0.2, -0.15) is 0 Å². The Hall–Kier alpha value is -2.39. The fourth-order valence-corrected chi connectivity index (χ4v) is 7.43. The molecule has 8 heteroatoms. The lowest BCUT2D eigenvalue weighted by Crippen LogP contribution is -2.39. The number of hydrogen-bond acceptors (Lipinski definition) is 6. The molecular weight excluding hydrogens is 535 g/mol. The molecule has 2 aromatic rings. The molecule has 1 N–H and O–H groups in total. The van der Waals surface area contributed by atoms with Gasteiger partial charge in [-0.05, 0) is 117 Å². The molecule has 1 aromatic heterocycles. The minimum atomic E-state index is -0.961. The highest BCUT2D eigenvalue weighted by Gasteiger charge is 2.41. The maximum absolute atomic E-state index is 14.5. The molecule has 1 aliphatic carbocycles. The van der Waals surface area contributed by atoms with E-state index in [1.807, 2.05) is 4.90 Å². The molecule has 42 heavy (non-hydrogen) atoms. The highest BCUT2D eigenvalue weighted by atomic mass is 19.1. The average molecular weight is 581 g/mol. The van der Waals surface area contributed by atoms with E-state index in [-0.39, 0.29) is 17.6 Å². The first-order valence-electron chi connectivity index (χ1n) is 16.0. The van der Waals surface area contributed by atoms with E-state index in [4.69, 9.17) is 19.2 Å². The number of ether oxygens (including phenoxy) is 3. The molecule has 3 fully saturated rings. The van der Waals surface area contributed by atoms with Gasteiger partial charge in [-0.25, -0.2) is 4.39 Å². The molecule has 0 saturated carbocycles. The van der Waals surface area contributed by atoms with Crippen molar-refractivity contribution in [2.75, 3.05) is 39.5 Å². The Balaban J connectivity index is 1.02. The monoisotopic (exact) mass is 580 g/mol. The normalized spacial score (nSPS) is 24.9. The molecule has 3 saturated heterocycles. The first-order valence-corrected chi connectivity index (χ1v) is 16.0. The number of hydrogen-bond donors (Lipinski definition) is 1. The number of unbranched alkanes of at least 4 members (excludes halogenated alkanes) is 1. The van der Waals surface area contributed by atoms with Crippen LogP contribution in [0, 0.1) is 11.2 Å². The molecule has 7 nitrogen and oxygen atoms in total. The quantitative estimate of drug-likeness (QED) is 0.346. The molecule has 0 bridgehead atoms. The van der Waals surface area contributed by atoms with Gasteiger partial charge < -0.3 is 19.3 Å². The summed E-state index contributed by atoms with van der Waals surface area (Å²) in [5.74, 6) is -1.38. The molecule has 6 rings (SSSR count). The van der Waals surface area contributed by atoms with Crippen LogP contribution < -0.4 is 0 Å². The first-order chi connectivity index (χ1) is 20.5. The van der Waals surface area contributed by atoms with Gasteiger partial charge in [-0.3, -0.25) is 14.7 Å². The van der Waals surface area contributed by atoms with E-state index in [2.05, 4.69) is 12.1 Å². The second kappa shape index (κ2) is 13.5. The predicted octanol–water partition coefficient (Wildman–Crippen LogP) is 5.99. The molecule has 3 aliphatic heterocycles. The molecule has 1 spiro atoms. The Morgan fingerprint density at radius 3 is 2.79 bits per heavy atom. The molecule has 3 atom stereocenters. The van der Waals surface area contributed by atoms with E-state index in [0.29, 0.717) is 31.9 Å². The van der Waals surface area contributed by atoms with Gasteiger partial charge in [0.05, 0.1) is 18.8 Å². The lowest BCUT2D eigenvalue weighted by atomic mass is 9.74. The van der Waals surface area contributed by atoms with Crippen molar-refractivity contribution in [1.82, 2.24) is 9.88 Å². The van der Waals surface area contributed by atoms with E-state index in [0.717, 1.165) is 83.0 Å². The molecule has 0 radical (unpaired) electrons. The van der Waals surface area contributed by atoms with Gasteiger partial charge >= 0.3 is 5.97 Å². The number of pyridine rings is 1. The van der Waals surface area contributed by atoms with Crippen LogP contribution in [0.3, 0.4) is 0 Å². The van der Waals surface area contributed by atoms with Crippen LogP contribution in [0.15, 0.2) is 30.3 Å². The number of rotatable bonds is 10. The summed E-state index contributed by atoms with van der Waals surface area (Å²) in [5, 5.41) is 10.3. The van der Waals surface area contributed by atoms with Gasteiger partial charge in [0.25, 0.3) is 0 Å². The first kappa shape index (κ1) is 29.7. The summed E-state index contributed by atoms with van der Waals surface area (Å²) < 4.78 is 32.7. The van der Waals surface area contributed by atoms with Gasteiger partial charge in [-0.15, -0.1) is 0 Å². The minimum absolute atomic E-state index is 0.0231. The summed E-state index contributed by atoms with van der Waals surface area (Å²) in [6.07, 6.45) is 12.0. The van der Waals surface area contributed by atoms with Gasteiger partial charge in [0, 0.05) is 44.3 Å². The molecular formula is C34H45FN2O5. The lowest BCUT2D eigenvalue weighted by Gasteiger charge is -2.43. The number of likely N-dealkylation sites (tertiary alicyclic amines) is 1. The summed E-state index contributed by atoms with van der Waals surface area (Å²) in [7, 11) is 0. The topological polar surface area (TPSA) is 81.1 Å². The number of benzene rings is 1. The van der Waals surface area contributed by atoms with Gasteiger partial charge in [0.2, 0.25) is 0 Å². The number of carboxylic acids is 1. The third-order valence-corrected chi connectivity index (χ3v) is 9.96. The van der Waals surface area contributed by atoms with Crippen LogP contribution >= 0.6 is 0 Å². The van der Waals surface area contributed by atoms with E-state index < -0.39 is 17.8 Å². The molecule has 228 valence electrons. The lowest BCUT2D eigenvalue weighted by molar-refractivity contribution is -0.143. The van der Waals surface area contributed by atoms with Crippen molar-refractivity contribution in [2.45, 2.75) is 95.3 Å². The summed E-state index contributed by atoms with van der Waals surface area (Å²) >= 11 is 0. The zero-order valence-electron chi connectivity index (χ0n) is 24.7. The number of carboxylic acid groups (broad SMARTS) is 1. The van der Waals surface area contributed by atoms with Crippen molar-refractivity contribution in [1.29, 1.82) is 0 Å². The Kier molecular flexibility index (Phi) is 9.54. The number of aliphatic carboxylic acids is 1. The molecule has 1 aromatic carbocycles. The number of aromatic nitrogens is 1. The largest absolute Gasteiger partial charge is 0.480 e. The second-order valence-corrected chi connectivity index (χ2v) is 12.8. The number of halogens is 1. The standard InChI is InChI=1S/C34H45FN2O5/c35-25-9-11-28(31-12-14-34(23-42-31)15-19-40-20-16-34)29(21-25)32(33(38)39)37-17-13-27(22-37)41-18-4-3-6-26-10-8-24-5-1-2-7-30(24)36-26/h8-11,21,27,31-32H,1-7,12-20,22-23H2,(H,38,39)/t27-,31?,32?/m1/s1. The fraction of sp³-hybridized carbons (Fsp3) is 0.647. The van der Waals surface area contributed by atoms with Crippen LogP contribution in [0.1, 0.15) is 98.0 Å². The highest BCUT2D eigenvalue weighted by molar-refractivity contribution is 5.76. The SMILES string of the molecule is O=C(O)C(c1cc(F)ccc1C1CCC2(CCOCC2)CO1)N1CC[C@@H](OCCCCc2ccc3c(n2)CCCC3)C1. The van der Waals surface area contributed by atoms with E-state index >= 15 is 0 Å². The summed E-state index contributed by atoms with van der Waals surface area (Å²) in [4.78, 5) is 19.5. The van der Waals surface area contributed by atoms with Crippen LogP contribution in [0.4, 0.5) is 4.39 Å². The van der Waals surface area contributed by atoms with Crippen molar-refractivity contribution in [2.24, 2.45) is 5.41 Å². The minimum Gasteiger partial charge on any atom is -0.480 e. The van der Waals surface area contributed by atoms with Crippen LogP contribution in [0.25, 0.3) is 0 Å². The van der Waals surface area contributed by atoms with Crippen molar-refractivity contribution >= 4 is 5.97 Å². The van der Waals surface area contributed by atoms with Gasteiger partial charge in [0.15, 0.2) is 0 Å². The maximum atomic E-state index is 14.5. The van der Waals surface area contributed by atoms with E-state index in [1.54, 1.807) is 6.07 Å². The maximum Gasteiger partial charge on any atom is 0.325 e. The predicted molar refractivity (Wildman–Crippen MR) is 157 cm³/mol. The van der Waals surface area contributed by atoms with Crippen molar-refractivity contribution < 1.29 is 28.5 Å². The Labute approximate surface area is 248 Å². The number of aryl methyl sites for hydroxylation is 3. The number of carbonyl (C=O) groups is 1. The number of fused-ring (bicyclic) bond motifs is 1. The Morgan fingerprint density at radius 1 is 1.12 bits per heavy atom. The fourth-order valence-electron chi connectivity index (χ4n) is 7.43. The molecule has 4 heterocycles. The van der Waals surface area contributed by atoms with Crippen LogP contribution in [-0.2, 0) is 38.3 Å². The van der Waals surface area contributed by atoms with Crippen molar-refractivity contribution in [3.8, 4) is 0 Å². The zero-order chi connectivity index (χ0) is 28.9. The smallest absolute Gasteiger partial charge is 0.325 e. The number of nitrogens with zero attached hydrogens (tertiary/aromatic N) is 2. The average Bonchev–Trinajstić information content (AvgIpc) is 3.46. The summed E-state index contributed by atoms with van der Waals surface area (Å²) in [6.45, 7) is 3.94. The zero-order valence-corrected chi connectivity index (χ0v) is 24.7. The Bertz CT molecular complexity index is 1220. The second-order valence-electron chi connectivity index (χ2n) is 12.8. The summed E-state index contributed by atoms with van der Waals surface area (Å²) in [6, 6.07) is 8.06. The van der Waals surface area contributed by atoms with Crippen LogP contribution in [0.5, 0.6) is 0 Å². The third-order valence-electron chi connectivity index (χ3n) is 9.96. The van der Waals surface area contributed by atoms with Crippen LogP contribution in [-0.4, -0.2) is 66.6 Å². The van der Waals surface area contributed by atoms with Crippen molar-refractivity contribution in [3.05, 3.63) is 64.2 Å². The van der Waals surface area contributed by atoms with E-state index in [1.165, 1.54) is 41.9 Å².